The van der Waals surface area contributed by atoms with E-state index in [0.29, 0.717) is 0 Å². The number of hydrogen-bond acceptors (Lipinski definition) is 1. The molecule has 0 radical (unpaired) electrons. The van der Waals surface area contributed by atoms with E-state index in [4.69, 9.17) is 0 Å². The summed E-state index contributed by atoms with van der Waals surface area (Å²) in [7, 11) is 0. The average Bonchev–Trinajstić information content (AvgIpc) is 2.29. The van der Waals surface area contributed by atoms with E-state index in [1.165, 1.54) is 0 Å². The minimum atomic E-state index is 0.0982. The van der Waals surface area contributed by atoms with E-state index in [1.807, 2.05) is 42.6 Å². The van der Waals surface area contributed by atoms with Gasteiger partial charge in [0.15, 0.2) is 18.5 Å². The number of hydrogen-bond donors (Lipinski definition) is 0. The number of allylic oxidation sites excluding steroid dienone is 1. The monoisotopic (exact) mass is 212 g/mol. The van der Waals surface area contributed by atoms with Crippen molar-refractivity contribution in [2.45, 2.75) is 13.5 Å². The lowest BCUT2D eigenvalue weighted by atomic mass is 10.1. The van der Waals surface area contributed by atoms with Crippen molar-refractivity contribution in [1.29, 1.82) is 0 Å². The third-order valence-corrected chi connectivity index (χ3v) is 2.61. The summed E-state index contributed by atoms with van der Waals surface area (Å²) in [4.78, 5) is 11.3. The highest BCUT2D eigenvalue weighted by atomic mass is 16.1. The molecule has 0 saturated heterocycles. The third-order valence-electron chi connectivity index (χ3n) is 2.61. The topological polar surface area (TPSA) is 20.9 Å². The van der Waals surface area contributed by atoms with Gasteiger partial charge in [-0.2, -0.15) is 4.57 Å². The van der Waals surface area contributed by atoms with Crippen LogP contribution in [0, 0.1) is 0 Å². The number of pyridine rings is 1. The Morgan fingerprint density at radius 2 is 2.25 bits per heavy atom. The van der Waals surface area contributed by atoms with Crippen LogP contribution in [0.5, 0.6) is 0 Å². The molecule has 0 aliphatic rings. The lowest BCUT2D eigenvalue weighted by molar-refractivity contribution is -0.660. The summed E-state index contributed by atoms with van der Waals surface area (Å²) in [5, 5.41) is 1.08. The molecule has 1 heterocycles. The molecule has 0 bridgehead atoms. The zero-order valence-electron chi connectivity index (χ0n) is 9.31. The molecule has 0 aliphatic heterocycles. The summed E-state index contributed by atoms with van der Waals surface area (Å²) in [6, 6.07) is 9.77. The van der Waals surface area contributed by atoms with E-state index in [9.17, 15) is 4.79 Å². The summed E-state index contributed by atoms with van der Waals surface area (Å²) < 4.78 is 2.10. The van der Waals surface area contributed by atoms with Crippen LogP contribution in [0.3, 0.4) is 0 Å². The zero-order valence-corrected chi connectivity index (χ0v) is 9.31. The molecule has 0 atom stereocenters. The number of ketones is 1. The molecule has 2 rings (SSSR count). The Hall–Kier alpha value is -1.96. The highest BCUT2D eigenvalue weighted by Gasteiger charge is 2.08. The first kappa shape index (κ1) is 10.6. The van der Waals surface area contributed by atoms with Gasteiger partial charge in [-0.3, -0.25) is 4.79 Å². The molecule has 1 aromatic carbocycles. The SMILES string of the molecule is C=CC[n+]1cccc2cc(C(C)=O)ccc21. The number of carbonyl (C=O) groups is 1. The molecular formula is C14H14NO+. The lowest BCUT2D eigenvalue weighted by Gasteiger charge is -2.00. The van der Waals surface area contributed by atoms with Crippen molar-refractivity contribution < 1.29 is 9.36 Å². The molecule has 1 aromatic heterocycles. The van der Waals surface area contributed by atoms with Gasteiger partial charge in [0, 0.05) is 23.1 Å². The highest BCUT2D eigenvalue weighted by Crippen LogP contribution is 2.12. The Balaban J connectivity index is 2.63. The predicted molar refractivity (Wildman–Crippen MR) is 64.3 cm³/mol. The smallest absolute Gasteiger partial charge is 0.212 e. The minimum absolute atomic E-state index is 0.0982. The Morgan fingerprint density at radius 1 is 1.44 bits per heavy atom. The summed E-state index contributed by atoms with van der Waals surface area (Å²) in [5.74, 6) is 0.0982. The first-order chi connectivity index (χ1) is 7.72. The first-order valence-corrected chi connectivity index (χ1v) is 5.26. The van der Waals surface area contributed by atoms with E-state index in [-0.39, 0.29) is 5.78 Å². The molecule has 2 nitrogen and oxygen atoms in total. The Kier molecular flexibility index (Phi) is 2.82. The maximum absolute atomic E-state index is 11.3. The number of rotatable bonds is 3. The molecular weight excluding hydrogens is 198 g/mol. The number of carbonyl (C=O) groups excluding carboxylic acids is 1. The molecule has 0 N–H and O–H groups in total. The molecule has 80 valence electrons. The molecule has 2 aromatic rings. The van der Waals surface area contributed by atoms with Crippen molar-refractivity contribution >= 4 is 16.7 Å². The normalized spacial score (nSPS) is 10.3. The fourth-order valence-electron chi connectivity index (χ4n) is 1.80. The van der Waals surface area contributed by atoms with E-state index >= 15 is 0 Å². The van der Waals surface area contributed by atoms with Gasteiger partial charge in [-0.15, -0.1) is 0 Å². The maximum Gasteiger partial charge on any atom is 0.212 e. The molecule has 0 aliphatic carbocycles. The highest BCUT2D eigenvalue weighted by molar-refractivity contribution is 5.97. The van der Waals surface area contributed by atoms with Crippen molar-refractivity contribution in [2.75, 3.05) is 0 Å². The van der Waals surface area contributed by atoms with Crippen molar-refractivity contribution in [3.05, 3.63) is 54.7 Å². The number of fused-ring (bicyclic) bond motifs is 1. The van der Waals surface area contributed by atoms with Crippen LogP contribution in [-0.4, -0.2) is 5.78 Å². The van der Waals surface area contributed by atoms with Crippen molar-refractivity contribution in [1.82, 2.24) is 0 Å². The van der Waals surface area contributed by atoms with Gasteiger partial charge >= 0.3 is 0 Å². The van der Waals surface area contributed by atoms with Gasteiger partial charge in [-0.1, -0.05) is 6.58 Å². The van der Waals surface area contributed by atoms with Gasteiger partial charge < -0.3 is 0 Å². The summed E-state index contributed by atoms with van der Waals surface area (Å²) >= 11 is 0. The van der Waals surface area contributed by atoms with Crippen LogP contribution in [0.25, 0.3) is 10.9 Å². The van der Waals surface area contributed by atoms with Gasteiger partial charge in [0.25, 0.3) is 0 Å². The first-order valence-electron chi connectivity index (χ1n) is 5.26. The molecule has 0 saturated carbocycles. The van der Waals surface area contributed by atoms with Crippen LogP contribution in [0.2, 0.25) is 0 Å². The molecule has 2 heteroatoms. The zero-order chi connectivity index (χ0) is 11.5. The van der Waals surface area contributed by atoms with Gasteiger partial charge in [0.05, 0.1) is 0 Å². The quantitative estimate of drug-likeness (QED) is 0.435. The Labute approximate surface area is 94.8 Å². The second kappa shape index (κ2) is 4.27. The summed E-state index contributed by atoms with van der Waals surface area (Å²) in [5.41, 5.74) is 1.87. The van der Waals surface area contributed by atoms with Crippen molar-refractivity contribution in [3.8, 4) is 0 Å². The van der Waals surface area contributed by atoms with Gasteiger partial charge in [0.1, 0.15) is 0 Å². The molecule has 0 amide bonds. The largest absolute Gasteiger partial charge is 0.295 e. The standard InChI is InChI=1S/C14H14NO/c1-3-8-15-9-4-5-13-10-12(11(2)16)6-7-14(13)15/h3-7,9-10H,1,8H2,2H3/q+1. The average molecular weight is 212 g/mol. The maximum atomic E-state index is 11.3. The second-order valence-corrected chi connectivity index (χ2v) is 3.78. The van der Waals surface area contributed by atoms with E-state index in [0.717, 1.165) is 23.0 Å². The predicted octanol–water partition coefficient (Wildman–Crippen LogP) is 2.52. The summed E-state index contributed by atoms with van der Waals surface area (Å²) in [6.07, 6.45) is 3.87. The fourth-order valence-corrected chi connectivity index (χ4v) is 1.80. The van der Waals surface area contributed by atoms with Crippen LogP contribution in [0.1, 0.15) is 17.3 Å². The van der Waals surface area contributed by atoms with Crippen molar-refractivity contribution in [3.63, 3.8) is 0 Å². The third kappa shape index (κ3) is 1.87. The number of Topliss-reactive ketones (excluding diaryl/α,β-unsaturated/α-hetero) is 1. The van der Waals surface area contributed by atoms with Gasteiger partial charge in [-0.05, 0) is 31.2 Å². The van der Waals surface area contributed by atoms with Crippen molar-refractivity contribution in [2.24, 2.45) is 0 Å². The molecule has 0 fully saturated rings. The fraction of sp³-hybridized carbons (Fsp3) is 0.143. The van der Waals surface area contributed by atoms with Crippen LogP contribution < -0.4 is 4.57 Å². The van der Waals surface area contributed by atoms with Gasteiger partial charge in [0.2, 0.25) is 5.52 Å². The lowest BCUT2D eigenvalue weighted by Crippen LogP contribution is -2.32. The number of benzene rings is 1. The van der Waals surface area contributed by atoms with Crippen LogP contribution >= 0.6 is 0 Å². The van der Waals surface area contributed by atoms with Crippen LogP contribution in [0.4, 0.5) is 0 Å². The van der Waals surface area contributed by atoms with Crippen LogP contribution in [0.15, 0.2) is 49.2 Å². The molecule has 16 heavy (non-hydrogen) atoms. The van der Waals surface area contributed by atoms with E-state index in [1.54, 1.807) is 6.92 Å². The Bertz CT molecular complexity index is 558. The minimum Gasteiger partial charge on any atom is -0.295 e. The number of aromatic nitrogens is 1. The second-order valence-electron chi connectivity index (χ2n) is 3.78. The van der Waals surface area contributed by atoms with E-state index in [2.05, 4.69) is 11.1 Å². The molecule has 0 spiro atoms. The van der Waals surface area contributed by atoms with E-state index < -0.39 is 0 Å². The van der Waals surface area contributed by atoms with Crippen LogP contribution in [-0.2, 0) is 6.54 Å². The van der Waals surface area contributed by atoms with Gasteiger partial charge in [-0.25, -0.2) is 0 Å². The molecule has 0 unspecified atom stereocenters. The summed E-state index contributed by atoms with van der Waals surface area (Å²) in [6.45, 7) is 6.09. The Morgan fingerprint density at radius 3 is 2.94 bits per heavy atom. The number of nitrogens with zero attached hydrogens (tertiary/aromatic N) is 1.